The van der Waals surface area contributed by atoms with E-state index in [2.05, 4.69) is 10.1 Å². The maximum Gasteiger partial charge on any atom is 0.422 e. The number of phenols is 1. The van der Waals surface area contributed by atoms with Crippen molar-refractivity contribution < 1.29 is 27.8 Å². The van der Waals surface area contributed by atoms with Gasteiger partial charge in [-0.05, 0) is 18.6 Å². The van der Waals surface area contributed by atoms with Crippen LogP contribution >= 0.6 is 0 Å². The van der Waals surface area contributed by atoms with Crippen LogP contribution in [0, 0.1) is 6.92 Å². The average molecular weight is 249 g/mol. The quantitative estimate of drug-likeness (QED) is 0.847. The van der Waals surface area contributed by atoms with Crippen molar-refractivity contribution in [2.24, 2.45) is 0 Å². The molecule has 0 saturated heterocycles. The number of hydrogen-bond acceptors (Lipinski definition) is 3. The molecule has 0 spiro atoms. The summed E-state index contributed by atoms with van der Waals surface area (Å²) in [5, 5.41) is 11.4. The first-order chi connectivity index (χ1) is 7.78. The zero-order valence-corrected chi connectivity index (χ0v) is 8.84. The van der Waals surface area contributed by atoms with E-state index in [0.29, 0.717) is 5.56 Å². The normalized spacial score (nSPS) is 11.1. The number of aromatic hydroxyl groups is 1. The fourth-order valence-electron chi connectivity index (χ4n) is 0.988. The van der Waals surface area contributed by atoms with Gasteiger partial charge in [-0.15, -0.1) is 0 Å². The predicted octanol–water partition coefficient (Wildman–Crippen LogP) is 2.81. The number of alkyl halides is 3. The summed E-state index contributed by atoms with van der Waals surface area (Å²) in [6, 6.07) is 4.16. The third kappa shape index (κ3) is 4.62. The third-order valence-electron chi connectivity index (χ3n) is 1.82. The van der Waals surface area contributed by atoms with Crippen LogP contribution in [0.5, 0.6) is 5.75 Å². The lowest BCUT2D eigenvalue weighted by Crippen LogP contribution is -2.23. The van der Waals surface area contributed by atoms with Crippen molar-refractivity contribution in [2.45, 2.75) is 13.1 Å². The number of benzene rings is 1. The van der Waals surface area contributed by atoms with Crippen LogP contribution in [0.15, 0.2) is 18.2 Å². The largest absolute Gasteiger partial charge is 0.508 e. The summed E-state index contributed by atoms with van der Waals surface area (Å²) in [6.07, 6.45) is -5.79. The first kappa shape index (κ1) is 13.1. The smallest absolute Gasteiger partial charge is 0.422 e. The molecule has 0 aliphatic carbocycles. The van der Waals surface area contributed by atoms with Crippen molar-refractivity contribution in [3.63, 3.8) is 0 Å². The van der Waals surface area contributed by atoms with Crippen molar-refractivity contribution in [1.29, 1.82) is 0 Å². The molecule has 0 radical (unpaired) electrons. The number of aryl methyl sites for hydroxylation is 1. The maximum absolute atomic E-state index is 11.7. The average Bonchev–Trinajstić information content (AvgIpc) is 2.20. The Kier molecular flexibility index (Phi) is 3.82. The lowest BCUT2D eigenvalue weighted by atomic mass is 10.2. The summed E-state index contributed by atoms with van der Waals surface area (Å²) >= 11 is 0. The van der Waals surface area contributed by atoms with Crippen LogP contribution in [0.25, 0.3) is 0 Å². The van der Waals surface area contributed by atoms with Crippen LogP contribution < -0.4 is 5.32 Å². The number of hydrogen-bond donors (Lipinski definition) is 2. The number of carbonyl (C=O) groups is 1. The number of rotatable bonds is 2. The number of anilines is 1. The van der Waals surface area contributed by atoms with Crippen molar-refractivity contribution in [3.05, 3.63) is 23.8 Å². The number of nitrogens with one attached hydrogen (secondary N) is 1. The van der Waals surface area contributed by atoms with Crippen LogP contribution in [0.3, 0.4) is 0 Å². The van der Waals surface area contributed by atoms with Gasteiger partial charge in [-0.1, -0.05) is 6.07 Å². The van der Waals surface area contributed by atoms with E-state index in [1.807, 2.05) is 0 Å². The SMILES string of the molecule is Cc1ccc(NC(=O)OCC(F)(F)F)cc1O. The highest BCUT2D eigenvalue weighted by atomic mass is 19.4. The molecule has 0 heterocycles. The summed E-state index contributed by atoms with van der Waals surface area (Å²) in [4.78, 5) is 10.9. The molecular weight excluding hydrogens is 239 g/mol. The van der Waals surface area contributed by atoms with E-state index >= 15 is 0 Å². The first-order valence-corrected chi connectivity index (χ1v) is 4.58. The lowest BCUT2D eigenvalue weighted by molar-refractivity contribution is -0.159. The second-order valence-corrected chi connectivity index (χ2v) is 3.32. The topological polar surface area (TPSA) is 58.6 Å². The highest BCUT2D eigenvalue weighted by Crippen LogP contribution is 2.21. The molecule has 0 aliphatic rings. The third-order valence-corrected chi connectivity index (χ3v) is 1.82. The molecule has 0 atom stereocenters. The predicted molar refractivity (Wildman–Crippen MR) is 53.9 cm³/mol. The van der Waals surface area contributed by atoms with Crippen molar-refractivity contribution in [3.8, 4) is 5.75 Å². The van der Waals surface area contributed by atoms with Crippen LogP contribution in [0.4, 0.5) is 23.7 Å². The molecular formula is C10H10F3NO3. The van der Waals surface area contributed by atoms with Crippen molar-refractivity contribution >= 4 is 11.8 Å². The van der Waals surface area contributed by atoms with Gasteiger partial charge in [0.1, 0.15) is 5.75 Å². The van der Waals surface area contributed by atoms with Gasteiger partial charge in [0, 0.05) is 11.8 Å². The zero-order chi connectivity index (χ0) is 13.1. The Balaban J connectivity index is 2.54. The first-order valence-electron chi connectivity index (χ1n) is 4.58. The lowest BCUT2D eigenvalue weighted by Gasteiger charge is -2.09. The molecule has 1 aromatic carbocycles. The second-order valence-electron chi connectivity index (χ2n) is 3.32. The van der Waals surface area contributed by atoms with Crippen molar-refractivity contribution in [2.75, 3.05) is 11.9 Å². The van der Waals surface area contributed by atoms with E-state index in [0.717, 1.165) is 0 Å². The number of phenolic OH excluding ortho intramolecular Hbond substituents is 1. The molecule has 4 nitrogen and oxygen atoms in total. The van der Waals surface area contributed by atoms with Crippen LogP contribution in [0.1, 0.15) is 5.56 Å². The van der Waals surface area contributed by atoms with Crippen LogP contribution in [-0.4, -0.2) is 24.0 Å². The molecule has 1 rings (SSSR count). The standard InChI is InChI=1S/C10H10F3NO3/c1-6-2-3-7(4-8(6)15)14-9(16)17-5-10(11,12)13/h2-4,15H,5H2,1H3,(H,14,16). The van der Waals surface area contributed by atoms with Gasteiger partial charge >= 0.3 is 12.3 Å². The van der Waals surface area contributed by atoms with Gasteiger partial charge in [0.05, 0.1) is 0 Å². The molecule has 0 saturated carbocycles. The Hall–Kier alpha value is -1.92. The maximum atomic E-state index is 11.7. The van der Waals surface area contributed by atoms with E-state index in [1.165, 1.54) is 18.2 Å². The second kappa shape index (κ2) is 4.94. The Morgan fingerprint density at radius 2 is 2.12 bits per heavy atom. The van der Waals surface area contributed by atoms with Gasteiger partial charge in [-0.25, -0.2) is 4.79 Å². The summed E-state index contributed by atoms with van der Waals surface area (Å²) in [6.45, 7) is -0.0161. The highest BCUT2D eigenvalue weighted by Gasteiger charge is 2.29. The molecule has 94 valence electrons. The Bertz CT molecular complexity index is 418. The van der Waals surface area contributed by atoms with Crippen LogP contribution in [0.2, 0.25) is 0 Å². The number of carbonyl (C=O) groups excluding carboxylic acids is 1. The van der Waals surface area contributed by atoms with E-state index in [4.69, 9.17) is 0 Å². The van der Waals surface area contributed by atoms with E-state index < -0.39 is 18.9 Å². The molecule has 7 heteroatoms. The molecule has 0 fully saturated rings. The minimum absolute atomic E-state index is 0.0707. The van der Waals surface area contributed by atoms with E-state index in [-0.39, 0.29) is 11.4 Å². The molecule has 0 unspecified atom stereocenters. The van der Waals surface area contributed by atoms with Gasteiger partial charge in [-0.3, -0.25) is 5.32 Å². The van der Waals surface area contributed by atoms with Crippen LogP contribution in [-0.2, 0) is 4.74 Å². The summed E-state index contributed by atoms with van der Waals surface area (Å²) in [7, 11) is 0. The van der Waals surface area contributed by atoms with Gasteiger partial charge in [0.25, 0.3) is 0 Å². The molecule has 0 aromatic heterocycles. The van der Waals surface area contributed by atoms with Gasteiger partial charge < -0.3 is 9.84 Å². The minimum atomic E-state index is -4.56. The van der Waals surface area contributed by atoms with E-state index in [1.54, 1.807) is 6.92 Å². The molecule has 0 aliphatic heterocycles. The van der Waals surface area contributed by atoms with Gasteiger partial charge in [-0.2, -0.15) is 13.2 Å². The Labute approximate surface area is 95.0 Å². The molecule has 1 aromatic rings. The molecule has 1 amide bonds. The van der Waals surface area contributed by atoms with Gasteiger partial charge in [0.15, 0.2) is 6.61 Å². The Morgan fingerprint density at radius 1 is 1.47 bits per heavy atom. The summed E-state index contributed by atoms with van der Waals surface area (Å²) in [5.74, 6) is -0.0707. The minimum Gasteiger partial charge on any atom is -0.508 e. The van der Waals surface area contributed by atoms with E-state index in [9.17, 15) is 23.1 Å². The zero-order valence-electron chi connectivity index (χ0n) is 8.84. The molecule has 0 bridgehead atoms. The summed E-state index contributed by atoms with van der Waals surface area (Å²) in [5.41, 5.74) is 0.736. The number of ether oxygens (including phenoxy) is 1. The fourth-order valence-corrected chi connectivity index (χ4v) is 0.988. The molecule has 2 N–H and O–H groups in total. The van der Waals surface area contributed by atoms with Crippen molar-refractivity contribution in [1.82, 2.24) is 0 Å². The Morgan fingerprint density at radius 3 is 2.65 bits per heavy atom. The number of amides is 1. The highest BCUT2D eigenvalue weighted by molar-refractivity contribution is 5.84. The fraction of sp³-hybridized carbons (Fsp3) is 0.300. The summed E-state index contributed by atoms with van der Waals surface area (Å²) < 4.78 is 39.1. The number of halogens is 3. The molecule has 17 heavy (non-hydrogen) atoms. The monoisotopic (exact) mass is 249 g/mol. The van der Waals surface area contributed by atoms with Gasteiger partial charge in [0.2, 0.25) is 0 Å².